The molecule has 2 rings (SSSR count). The summed E-state index contributed by atoms with van der Waals surface area (Å²) in [5.41, 5.74) is 0.436. The number of halogens is 4. The highest BCUT2D eigenvalue weighted by Crippen LogP contribution is 2.29. The smallest absolute Gasteiger partial charge is 0.316 e. The molecule has 0 spiro atoms. The second-order valence-electron chi connectivity index (χ2n) is 4.48. The van der Waals surface area contributed by atoms with Gasteiger partial charge in [0.05, 0.1) is 5.56 Å². The number of benzene rings is 2. The van der Waals surface area contributed by atoms with Gasteiger partial charge in [-0.05, 0) is 12.1 Å². The van der Waals surface area contributed by atoms with E-state index in [1.54, 1.807) is 30.3 Å². The Balaban J connectivity index is 2.40. The third-order valence-electron chi connectivity index (χ3n) is 2.88. The first-order chi connectivity index (χ1) is 10.9. The summed E-state index contributed by atoms with van der Waals surface area (Å²) in [5.74, 6) is -1.13. The number of hydrogen-bond donors (Lipinski definition) is 0. The van der Waals surface area contributed by atoms with Crippen LogP contribution in [0.25, 0.3) is 0 Å². The van der Waals surface area contributed by atoms with Gasteiger partial charge in [0.2, 0.25) is 0 Å². The fourth-order valence-corrected chi connectivity index (χ4v) is 1.85. The van der Waals surface area contributed by atoms with Gasteiger partial charge < -0.3 is 4.84 Å². The second kappa shape index (κ2) is 7.28. The number of hydrogen-bond acceptors (Lipinski definition) is 3. The fourth-order valence-electron chi connectivity index (χ4n) is 1.81. The molecule has 0 unspecified atom stereocenters. The Bertz CT molecular complexity index is 698. The molecule has 23 heavy (non-hydrogen) atoms. The summed E-state index contributed by atoms with van der Waals surface area (Å²) in [4.78, 5) is 15.8. The van der Waals surface area contributed by atoms with Crippen LogP contribution in [0.4, 0.5) is 13.2 Å². The van der Waals surface area contributed by atoms with E-state index in [1.165, 1.54) is 12.1 Å². The van der Waals surface area contributed by atoms with Gasteiger partial charge in [-0.15, -0.1) is 11.6 Å². The highest BCUT2D eigenvalue weighted by Gasteiger charge is 2.30. The van der Waals surface area contributed by atoms with Gasteiger partial charge in [0.25, 0.3) is 0 Å². The lowest BCUT2D eigenvalue weighted by Crippen LogP contribution is -2.09. The van der Waals surface area contributed by atoms with Gasteiger partial charge in [-0.2, -0.15) is 13.2 Å². The molecule has 0 heterocycles. The number of carbonyl (C=O) groups excluding carboxylic acids is 1. The first-order valence-electron chi connectivity index (χ1n) is 6.48. The van der Waals surface area contributed by atoms with Gasteiger partial charge in [-0.25, -0.2) is 4.79 Å². The minimum absolute atomic E-state index is 0.234. The van der Waals surface area contributed by atoms with Crippen molar-refractivity contribution in [3.63, 3.8) is 0 Å². The predicted octanol–water partition coefficient (Wildman–Crippen LogP) is 4.24. The van der Waals surface area contributed by atoms with Crippen LogP contribution in [0.3, 0.4) is 0 Å². The lowest BCUT2D eigenvalue weighted by Gasteiger charge is -2.09. The molecule has 2 aromatic rings. The SMILES string of the molecule is O=C(CCl)ON=C(c1ccccc1)c1ccc(C(F)(F)F)cc1. The van der Waals surface area contributed by atoms with E-state index in [2.05, 4.69) is 9.99 Å². The van der Waals surface area contributed by atoms with Gasteiger partial charge >= 0.3 is 12.1 Å². The first kappa shape index (κ1) is 17.0. The van der Waals surface area contributed by atoms with Crippen molar-refractivity contribution in [1.29, 1.82) is 0 Å². The summed E-state index contributed by atoms with van der Waals surface area (Å²) in [6.07, 6.45) is -4.42. The molecule has 0 saturated heterocycles. The number of alkyl halides is 4. The molecule has 2 aromatic carbocycles. The maximum absolute atomic E-state index is 12.6. The average Bonchev–Trinajstić information content (AvgIpc) is 2.55. The van der Waals surface area contributed by atoms with Crippen molar-refractivity contribution in [1.82, 2.24) is 0 Å². The molecule has 0 aromatic heterocycles. The monoisotopic (exact) mass is 341 g/mol. The Hall–Kier alpha value is -2.34. The van der Waals surface area contributed by atoms with Gasteiger partial charge in [0.15, 0.2) is 0 Å². The van der Waals surface area contributed by atoms with E-state index in [1.807, 2.05) is 0 Å². The van der Waals surface area contributed by atoms with Crippen LogP contribution in [0.5, 0.6) is 0 Å². The summed E-state index contributed by atoms with van der Waals surface area (Å²) in [5, 5.41) is 3.73. The van der Waals surface area contributed by atoms with Gasteiger partial charge in [0, 0.05) is 11.1 Å². The van der Waals surface area contributed by atoms with Crippen LogP contribution in [0, 0.1) is 0 Å². The van der Waals surface area contributed by atoms with Crippen LogP contribution in [0.15, 0.2) is 59.8 Å². The van der Waals surface area contributed by atoms with E-state index < -0.39 is 17.7 Å². The minimum Gasteiger partial charge on any atom is -0.316 e. The van der Waals surface area contributed by atoms with Crippen molar-refractivity contribution >= 4 is 23.3 Å². The molecular formula is C16H11ClF3NO2. The van der Waals surface area contributed by atoms with Crippen molar-refractivity contribution in [3.05, 3.63) is 71.3 Å². The summed E-state index contributed by atoms with van der Waals surface area (Å²) in [7, 11) is 0. The molecule has 7 heteroatoms. The molecule has 0 bridgehead atoms. The van der Waals surface area contributed by atoms with Crippen molar-refractivity contribution in [2.75, 3.05) is 5.88 Å². The Morgan fingerprint density at radius 2 is 1.57 bits per heavy atom. The summed E-state index contributed by atoms with van der Waals surface area (Å²) in [6, 6.07) is 13.1. The van der Waals surface area contributed by atoms with Crippen LogP contribution < -0.4 is 0 Å². The first-order valence-corrected chi connectivity index (χ1v) is 7.02. The third-order valence-corrected chi connectivity index (χ3v) is 3.10. The maximum Gasteiger partial charge on any atom is 0.416 e. The molecular weight excluding hydrogens is 331 g/mol. The van der Waals surface area contributed by atoms with Crippen molar-refractivity contribution in [2.45, 2.75) is 6.18 Å². The van der Waals surface area contributed by atoms with Crippen LogP contribution >= 0.6 is 11.6 Å². The summed E-state index contributed by atoms with van der Waals surface area (Å²) in [6.45, 7) is 0. The Kier molecular flexibility index (Phi) is 5.39. The van der Waals surface area contributed by atoms with Crippen LogP contribution in [0.2, 0.25) is 0 Å². The zero-order valence-corrected chi connectivity index (χ0v) is 12.4. The highest BCUT2D eigenvalue weighted by molar-refractivity contribution is 6.26. The van der Waals surface area contributed by atoms with E-state index >= 15 is 0 Å². The van der Waals surface area contributed by atoms with Crippen LogP contribution in [-0.2, 0) is 15.8 Å². The molecule has 0 radical (unpaired) electrons. The summed E-state index contributed by atoms with van der Waals surface area (Å²) < 4.78 is 37.9. The minimum atomic E-state index is -4.42. The molecule has 3 nitrogen and oxygen atoms in total. The maximum atomic E-state index is 12.6. The fraction of sp³-hybridized carbons (Fsp3) is 0.125. The molecule has 0 amide bonds. The van der Waals surface area contributed by atoms with Crippen molar-refractivity contribution in [3.8, 4) is 0 Å². The van der Waals surface area contributed by atoms with Crippen LogP contribution in [0.1, 0.15) is 16.7 Å². The van der Waals surface area contributed by atoms with Gasteiger partial charge in [-0.3, -0.25) is 0 Å². The molecule has 120 valence electrons. The van der Waals surface area contributed by atoms with E-state index in [0.717, 1.165) is 12.1 Å². The Morgan fingerprint density at radius 1 is 1.00 bits per heavy atom. The normalized spacial score (nSPS) is 12.1. The quantitative estimate of drug-likeness (QED) is 0.361. The topological polar surface area (TPSA) is 38.7 Å². The molecule has 0 aliphatic heterocycles. The Labute approximate surface area is 135 Å². The molecule has 0 aliphatic carbocycles. The van der Waals surface area contributed by atoms with Gasteiger partial charge in [0.1, 0.15) is 11.6 Å². The lowest BCUT2D eigenvalue weighted by molar-refractivity contribution is -0.140. The molecule has 0 aliphatic rings. The van der Waals surface area contributed by atoms with Crippen molar-refractivity contribution < 1.29 is 22.8 Å². The molecule has 0 fully saturated rings. The highest BCUT2D eigenvalue weighted by atomic mass is 35.5. The Morgan fingerprint density at radius 3 is 2.09 bits per heavy atom. The third kappa shape index (κ3) is 4.56. The molecule has 0 atom stereocenters. The van der Waals surface area contributed by atoms with Crippen molar-refractivity contribution in [2.24, 2.45) is 5.16 Å². The van der Waals surface area contributed by atoms with E-state index in [4.69, 9.17) is 11.6 Å². The predicted molar refractivity (Wildman–Crippen MR) is 80.3 cm³/mol. The number of nitrogens with zero attached hydrogens (tertiary/aromatic N) is 1. The lowest BCUT2D eigenvalue weighted by atomic mass is 10.0. The zero-order valence-electron chi connectivity index (χ0n) is 11.7. The number of rotatable bonds is 4. The van der Waals surface area contributed by atoms with E-state index in [0.29, 0.717) is 11.1 Å². The average molecular weight is 342 g/mol. The molecule has 0 N–H and O–H groups in total. The summed E-state index contributed by atoms with van der Waals surface area (Å²) >= 11 is 5.33. The second-order valence-corrected chi connectivity index (χ2v) is 4.75. The van der Waals surface area contributed by atoms with E-state index in [-0.39, 0.29) is 11.6 Å². The largest absolute Gasteiger partial charge is 0.416 e. The van der Waals surface area contributed by atoms with E-state index in [9.17, 15) is 18.0 Å². The number of carbonyl (C=O) groups is 1. The zero-order chi connectivity index (χ0) is 16.9. The number of oxime groups is 1. The van der Waals surface area contributed by atoms with Crippen LogP contribution in [-0.4, -0.2) is 17.6 Å². The standard InChI is InChI=1S/C16H11ClF3NO2/c17-10-14(22)23-21-15(11-4-2-1-3-5-11)12-6-8-13(9-7-12)16(18,19)20/h1-9H,10H2. The molecule has 0 saturated carbocycles. The van der Waals surface area contributed by atoms with Gasteiger partial charge in [-0.1, -0.05) is 47.6 Å².